The number of rotatable bonds is 4. The Morgan fingerprint density at radius 2 is 1.70 bits per heavy atom. The van der Waals surface area contributed by atoms with E-state index in [0.717, 1.165) is 39.9 Å². The van der Waals surface area contributed by atoms with Gasteiger partial charge in [-0.25, -0.2) is 0 Å². The number of hydrogen-bond donors (Lipinski definition) is 0. The molecule has 33 heavy (non-hydrogen) atoms. The lowest BCUT2D eigenvalue weighted by atomic mass is 9.82. The fraction of sp³-hybridized carbons (Fsp3) is 0.267. The molecule has 0 radical (unpaired) electrons. The van der Waals surface area contributed by atoms with E-state index in [-0.39, 0.29) is 5.41 Å². The normalized spacial score (nSPS) is 12.2. The molecule has 3 aromatic heterocycles. The lowest BCUT2D eigenvalue weighted by Crippen LogP contribution is -2.12. The van der Waals surface area contributed by atoms with Crippen LogP contribution in [0.15, 0.2) is 77.7 Å². The summed E-state index contributed by atoms with van der Waals surface area (Å²) in [6.45, 7) is 11.2. The summed E-state index contributed by atoms with van der Waals surface area (Å²) in [7, 11) is 0. The van der Waals surface area contributed by atoms with Crippen LogP contribution in [-0.2, 0) is 11.8 Å². The summed E-state index contributed by atoms with van der Waals surface area (Å²) in [4.78, 5) is 9.47. The molecule has 0 aliphatic carbocycles. The van der Waals surface area contributed by atoms with Crippen LogP contribution in [0.2, 0.25) is 0 Å². The van der Waals surface area contributed by atoms with Gasteiger partial charge >= 0.3 is 0 Å². The molecule has 0 bridgehead atoms. The first-order valence-electron chi connectivity index (χ1n) is 11.7. The first-order valence-corrected chi connectivity index (χ1v) is 11.7. The van der Waals surface area contributed by atoms with Crippen molar-refractivity contribution in [3.8, 4) is 22.4 Å². The number of pyridine rings is 2. The van der Waals surface area contributed by atoms with Gasteiger partial charge in [-0.3, -0.25) is 9.97 Å². The van der Waals surface area contributed by atoms with E-state index in [1.807, 2.05) is 24.7 Å². The van der Waals surface area contributed by atoms with E-state index in [4.69, 9.17) is 14.4 Å². The van der Waals surface area contributed by atoms with E-state index >= 15 is 0 Å². The van der Waals surface area contributed by atoms with Crippen LogP contribution in [0.5, 0.6) is 0 Å². The van der Waals surface area contributed by atoms with Crippen LogP contribution >= 0.6 is 0 Å². The maximum Gasteiger partial charge on any atom is 0.153 e. The average Bonchev–Trinajstić information content (AvgIpc) is 3.19. The van der Waals surface area contributed by atoms with E-state index in [1.54, 1.807) is 0 Å². The molecule has 0 atom stereocenters. The van der Waals surface area contributed by atoms with E-state index in [1.165, 1.54) is 21.9 Å². The van der Waals surface area contributed by atoms with Gasteiger partial charge < -0.3 is 4.42 Å². The number of benzene rings is 2. The highest BCUT2D eigenvalue weighted by molar-refractivity contribution is 5.91. The molecule has 0 spiro atoms. The van der Waals surface area contributed by atoms with Gasteiger partial charge in [0, 0.05) is 29.1 Å². The number of furan rings is 1. The fourth-order valence-electron chi connectivity index (χ4n) is 4.56. The Morgan fingerprint density at radius 1 is 0.879 bits per heavy atom. The van der Waals surface area contributed by atoms with Gasteiger partial charge in [0.1, 0.15) is 5.52 Å². The second kappa shape index (κ2) is 8.15. The maximum absolute atomic E-state index is 5.85. The molecule has 3 nitrogen and oxygen atoms in total. The molecule has 5 aromatic rings. The number of fused-ring (bicyclic) bond motifs is 2. The average molecular weight is 435 g/mol. The molecule has 0 saturated carbocycles. The highest BCUT2D eigenvalue weighted by Gasteiger charge is 2.19. The van der Waals surface area contributed by atoms with Crippen molar-refractivity contribution in [2.24, 2.45) is 5.92 Å². The summed E-state index contributed by atoms with van der Waals surface area (Å²) >= 11 is 0. The molecular formula is C30H30N2O. The molecular weight excluding hydrogens is 404 g/mol. The van der Waals surface area contributed by atoms with E-state index in [0.29, 0.717) is 5.92 Å². The third kappa shape index (κ3) is 4.16. The quantitative estimate of drug-likeness (QED) is 0.286. The third-order valence-corrected chi connectivity index (χ3v) is 6.17. The van der Waals surface area contributed by atoms with Gasteiger partial charge in [0.15, 0.2) is 5.58 Å². The van der Waals surface area contributed by atoms with E-state index < -0.39 is 0 Å². The predicted octanol–water partition coefficient (Wildman–Crippen LogP) is 8.21. The Bertz CT molecular complexity index is 1450. The van der Waals surface area contributed by atoms with Crippen LogP contribution in [0.3, 0.4) is 0 Å². The highest BCUT2D eigenvalue weighted by atomic mass is 16.3. The number of nitrogens with zero attached hydrogens (tertiary/aromatic N) is 2. The predicted molar refractivity (Wildman–Crippen MR) is 137 cm³/mol. The largest absolute Gasteiger partial charge is 0.462 e. The second-order valence-electron chi connectivity index (χ2n) is 10.4. The Morgan fingerprint density at radius 3 is 2.48 bits per heavy atom. The summed E-state index contributed by atoms with van der Waals surface area (Å²) in [5, 5.41) is 2.54. The van der Waals surface area contributed by atoms with Crippen LogP contribution in [0.1, 0.15) is 45.7 Å². The smallest absolute Gasteiger partial charge is 0.153 e. The SMILES string of the molecule is CC(C)Cc1coc2cc(-c3ccnc(-c4cc(C(C)(C)C)c5ccccc5c4)c3)cnc12. The zero-order chi connectivity index (χ0) is 23.2. The summed E-state index contributed by atoms with van der Waals surface area (Å²) in [5.74, 6) is 0.565. The van der Waals surface area contributed by atoms with Gasteiger partial charge in [-0.05, 0) is 70.0 Å². The van der Waals surface area contributed by atoms with Crippen LogP contribution in [0, 0.1) is 5.92 Å². The van der Waals surface area contributed by atoms with Crippen molar-refractivity contribution < 1.29 is 4.42 Å². The molecule has 0 N–H and O–H groups in total. The maximum atomic E-state index is 5.85. The van der Waals surface area contributed by atoms with Gasteiger partial charge in [-0.2, -0.15) is 0 Å². The molecule has 0 amide bonds. The molecule has 0 saturated heterocycles. The van der Waals surface area contributed by atoms with Crippen LogP contribution in [-0.4, -0.2) is 9.97 Å². The molecule has 2 aromatic carbocycles. The minimum atomic E-state index is 0.0369. The standard InChI is InChI=1S/C30H30N2O/c1-19(2)12-24-18-33-28-16-23(17-32-29(24)28)20-10-11-31-27(15-20)22-13-21-8-6-7-9-25(21)26(14-22)30(3,4)5/h6-11,13-19H,12H2,1-5H3. The Labute approximate surface area is 195 Å². The van der Waals surface area contributed by atoms with Crippen LogP contribution in [0.4, 0.5) is 0 Å². The summed E-state index contributed by atoms with van der Waals surface area (Å²) < 4.78 is 5.85. The Balaban J connectivity index is 1.58. The van der Waals surface area contributed by atoms with Crippen LogP contribution < -0.4 is 0 Å². The molecule has 166 valence electrons. The Hall–Kier alpha value is -3.46. The summed E-state index contributed by atoms with van der Waals surface area (Å²) in [6.07, 6.45) is 6.65. The first kappa shape index (κ1) is 21.4. The van der Waals surface area contributed by atoms with Gasteiger partial charge in [0.2, 0.25) is 0 Å². The van der Waals surface area contributed by atoms with Crippen molar-refractivity contribution in [2.75, 3.05) is 0 Å². The second-order valence-corrected chi connectivity index (χ2v) is 10.4. The van der Waals surface area contributed by atoms with Gasteiger partial charge in [-0.15, -0.1) is 0 Å². The summed E-state index contributed by atoms with van der Waals surface area (Å²) in [5.41, 5.74) is 8.56. The van der Waals surface area contributed by atoms with Crippen molar-refractivity contribution in [3.05, 3.63) is 84.4 Å². The molecule has 5 rings (SSSR count). The Kier molecular flexibility index (Phi) is 5.28. The van der Waals surface area contributed by atoms with Crippen molar-refractivity contribution >= 4 is 21.9 Å². The highest BCUT2D eigenvalue weighted by Crippen LogP contribution is 2.35. The van der Waals surface area contributed by atoms with E-state index in [9.17, 15) is 0 Å². The minimum absolute atomic E-state index is 0.0369. The monoisotopic (exact) mass is 434 g/mol. The zero-order valence-electron chi connectivity index (χ0n) is 20.0. The molecule has 0 fully saturated rings. The van der Waals surface area contributed by atoms with Crippen molar-refractivity contribution in [2.45, 2.75) is 46.5 Å². The van der Waals surface area contributed by atoms with Gasteiger partial charge in [0.25, 0.3) is 0 Å². The van der Waals surface area contributed by atoms with Crippen LogP contribution in [0.25, 0.3) is 44.3 Å². The first-order chi connectivity index (χ1) is 15.8. The molecule has 0 aliphatic rings. The molecule has 0 aliphatic heterocycles. The third-order valence-electron chi connectivity index (χ3n) is 6.17. The lowest BCUT2D eigenvalue weighted by molar-refractivity contribution is 0.594. The summed E-state index contributed by atoms with van der Waals surface area (Å²) in [6, 6.07) is 19.4. The molecule has 3 heterocycles. The number of hydrogen-bond acceptors (Lipinski definition) is 3. The van der Waals surface area contributed by atoms with Gasteiger partial charge in [0.05, 0.1) is 12.0 Å². The lowest BCUT2D eigenvalue weighted by Gasteiger charge is -2.22. The minimum Gasteiger partial charge on any atom is -0.462 e. The van der Waals surface area contributed by atoms with Gasteiger partial charge in [-0.1, -0.05) is 58.9 Å². The van der Waals surface area contributed by atoms with Crippen molar-refractivity contribution in [3.63, 3.8) is 0 Å². The van der Waals surface area contributed by atoms with E-state index in [2.05, 4.69) is 83.1 Å². The fourth-order valence-corrected chi connectivity index (χ4v) is 4.56. The number of aromatic nitrogens is 2. The molecule has 0 unspecified atom stereocenters. The van der Waals surface area contributed by atoms with Crippen molar-refractivity contribution in [1.82, 2.24) is 9.97 Å². The van der Waals surface area contributed by atoms with Crippen molar-refractivity contribution in [1.29, 1.82) is 0 Å². The topological polar surface area (TPSA) is 38.9 Å². The zero-order valence-corrected chi connectivity index (χ0v) is 20.0. The molecule has 3 heteroatoms.